The highest BCUT2D eigenvalue weighted by atomic mass is 35.5. The van der Waals surface area contributed by atoms with Crippen molar-refractivity contribution in [2.75, 3.05) is 13.2 Å². The lowest BCUT2D eigenvalue weighted by atomic mass is 9.89. The molecule has 4 heteroatoms. The Hall–Kier alpha value is -1.06. The summed E-state index contributed by atoms with van der Waals surface area (Å²) in [6, 6.07) is 7.95. The van der Waals surface area contributed by atoms with E-state index in [1.807, 2.05) is 29.2 Å². The number of rotatable bonds is 4. The predicted molar refractivity (Wildman–Crippen MR) is 92.5 cm³/mol. The maximum absolute atomic E-state index is 12.6. The van der Waals surface area contributed by atoms with Gasteiger partial charge in [0.2, 0.25) is 5.91 Å². The SMILES string of the molecule is CC1CCC(OCC(=O)N2CCCC2c2ccccc2Cl)CC1. The van der Waals surface area contributed by atoms with Crippen molar-refractivity contribution in [3.63, 3.8) is 0 Å². The Morgan fingerprint density at radius 3 is 2.70 bits per heavy atom. The molecule has 1 aliphatic heterocycles. The molecule has 0 N–H and O–H groups in total. The molecule has 126 valence electrons. The van der Waals surface area contributed by atoms with Crippen LogP contribution in [0, 0.1) is 5.92 Å². The van der Waals surface area contributed by atoms with Crippen molar-refractivity contribution in [3.05, 3.63) is 34.9 Å². The van der Waals surface area contributed by atoms with E-state index in [1.165, 1.54) is 12.8 Å². The number of benzene rings is 1. The molecule has 1 aromatic rings. The van der Waals surface area contributed by atoms with Gasteiger partial charge in [0.05, 0.1) is 12.1 Å². The van der Waals surface area contributed by atoms with E-state index in [0.29, 0.717) is 0 Å². The van der Waals surface area contributed by atoms with Crippen LogP contribution in [0.4, 0.5) is 0 Å². The monoisotopic (exact) mass is 335 g/mol. The number of likely N-dealkylation sites (tertiary alicyclic amines) is 1. The van der Waals surface area contributed by atoms with Crippen LogP contribution < -0.4 is 0 Å². The summed E-state index contributed by atoms with van der Waals surface area (Å²) >= 11 is 6.32. The Kier molecular flexibility index (Phi) is 5.60. The van der Waals surface area contributed by atoms with Gasteiger partial charge in [-0.2, -0.15) is 0 Å². The highest BCUT2D eigenvalue weighted by Crippen LogP contribution is 2.35. The minimum atomic E-state index is 0.103. The molecular formula is C19H26ClNO2. The van der Waals surface area contributed by atoms with E-state index in [1.54, 1.807) is 0 Å². The molecule has 1 atom stereocenters. The molecule has 1 amide bonds. The van der Waals surface area contributed by atoms with Gasteiger partial charge in [-0.25, -0.2) is 0 Å². The van der Waals surface area contributed by atoms with E-state index in [0.717, 1.165) is 48.7 Å². The molecule has 0 spiro atoms. The third-order valence-corrected chi connectivity index (χ3v) is 5.59. The molecule has 1 unspecified atom stereocenters. The summed E-state index contributed by atoms with van der Waals surface area (Å²) in [6.07, 6.45) is 6.87. The number of hydrogen-bond donors (Lipinski definition) is 0. The van der Waals surface area contributed by atoms with Crippen LogP contribution in [0.15, 0.2) is 24.3 Å². The summed E-state index contributed by atoms with van der Waals surface area (Å²) in [5.74, 6) is 0.903. The van der Waals surface area contributed by atoms with Gasteiger partial charge in [0.15, 0.2) is 0 Å². The molecule has 1 saturated heterocycles. The van der Waals surface area contributed by atoms with Crippen LogP contribution in [0.1, 0.15) is 57.1 Å². The molecule has 2 fully saturated rings. The highest BCUT2D eigenvalue weighted by molar-refractivity contribution is 6.31. The second-order valence-corrected chi connectivity index (χ2v) is 7.37. The summed E-state index contributed by atoms with van der Waals surface area (Å²) in [4.78, 5) is 14.6. The van der Waals surface area contributed by atoms with E-state index in [2.05, 4.69) is 6.92 Å². The lowest BCUT2D eigenvalue weighted by Gasteiger charge is -2.29. The molecule has 3 rings (SSSR count). The summed E-state index contributed by atoms with van der Waals surface area (Å²) < 4.78 is 5.90. The summed E-state index contributed by atoms with van der Waals surface area (Å²) in [6.45, 7) is 3.31. The van der Waals surface area contributed by atoms with Gasteiger partial charge < -0.3 is 9.64 Å². The molecule has 1 aliphatic carbocycles. The first kappa shape index (κ1) is 16.8. The number of carbonyl (C=O) groups is 1. The molecule has 0 bridgehead atoms. The van der Waals surface area contributed by atoms with Crippen LogP contribution in [-0.4, -0.2) is 30.1 Å². The van der Waals surface area contributed by atoms with Crippen molar-refractivity contribution in [1.82, 2.24) is 4.90 Å². The summed E-state index contributed by atoms with van der Waals surface area (Å²) in [5, 5.41) is 0.749. The molecule has 1 saturated carbocycles. The van der Waals surface area contributed by atoms with E-state index in [9.17, 15) is 4.79 Å². The van der Waals surface area contributed by atoms with E-state index in [-0.39, 0.29) is 24.7 Å². The lowest BCUT2D eigenvalue weighted by molar-refractivity contribution is -0.140. The zero-order chi connectivity index (χ0) is 16.2. The van der Waals surface area contributed by atoms with Crippen LogP contribution >= 0.6 is 11.6 Å². The van der Waals surface area contributed by atoms with Crippen molar-refractivity contribution in [2.45, 2.75) is 57.6 Å². The van der Waals surface area contributed by atoms with Crippen molar-refractivity contribution in [2.24, 2.45) is 5.92 Å². The van der Waals surface area contributed by atoms with Crippen LogP contribution in [-0.2, 0) is 9.53 Å². The average Bonchev–Trinajstić information content (AvgIpc) is 3.04. The summed E-state index contributed by atoms with van der Waals surface area (Å²) in [5.41, 5.74) is 1.06. The smallest absolute Gasteiger partial charge is 0.249 e. The normalized spacial score (nSPS) is 28.1. The fourth-order valence-electron chi connectivity index (χ4n) is 3.80. The van der Waals surface area contributed by atoms with E-state index in [4.69, 9.17) is 16.3 Å². The van der Waals surface area contributed by atoms with Gasteiger partial charge in [0.1, 0.15) is 6.61 Å². The predicted octanol–water partition coefficient (Wildman–Crippen LogP) is 4.60. The van der Waals surface area contributed by atoms with Crippen molar-refractivity contribution >= 4 is 17.5 Å². The van der Waals surface area contributed by atoms with Crippen molar-refractivity contribution in [1.29, 1.82) is 0 Å². The van der Waals surface area contributed by atoms with Gasteiger partial charge in [0.25, 0.3) is 0 Å². The second kappa shape index (κ2) is 7.67. The number of ether oxygens (including phenoxy) is 1. The minimum absolute atomic E-state index is 0.103. The third kappa shape index (κ3) is 4.07. The molecule has 1 aromatic carbocycles. The van der Waals surface area contributed by atoms with Crippen molar-refractivity contribution < 1.29 is 9.53 Å². The maximum Gasteiger partial charge on any atom is 0.249 e. The van der Waals surface area contributed by atoms with Crippen LogP contribution in [0.5, 0.6) is 0 Å². The van der Waals surface area contributed by atoms with Crippen LogP contribution in [0.25, 0.3) is 0 Å². The first-order valence-electron chi connectivity index (χ1n) is 8.80. The van der Waals surface area contributed by atoms with Gasteiger partial charge in [0, 0.05) is 11.6 Å². The minimum Gasteiger partial charge on any atom is -0.368 e. The van der Waals surface area contributed by atoms with Crippen LogP contribution in [0.2, 0.25) is 5.02 Å². The number of hydrogen-bond acceptors (Lipinski definition) is 2. The third-order valence-electron chi connectivity index (χ3n) is 5.24. The Morgan fingerprint density at radius 1 is 1.22 bits per heavy atom. The summed E-state index contributed by atoms with van der Waals surface area (Å²) in [7, 11) is 0. The van der Waals surface area contributed by atoms with Gasteiger partial charge >= 0.3 is 0 Å². The molecule has 2 aliphatic rings. The Morgan fingerprint density at radius 2 is 1.96 bits per heavy atom. The zero-order valence-corrected chi connectivity index (χ0v) is 14.6. The number of halogens is 1. The van der Waals surface area contributed by atoms with Gasteiger partial charge in [-0.05, 0) is 56.1 Å². The van der Waals surface area contributed by atoms with Gasteiger partial charge in [-0.3, -0.25) is 4.79 Å². The largest absolute Gasteiger partial charge is 0.368 e. The standard InChI is InChI=1S/C19H26ClNO2/c1-14-8-10-15(11-9-14)23-13-19(22)21-12-4-7-18(21)16-5-2-3-6-17(16)20/h2-3,5-6,14-15,18H,4,7-13H2,1H3. The molecule has 3 nitrogen and oxygen atoms in total. The molecular weight excluding hydrogens is 310 g/mol. The van der Waals surface area contributed by atoms with Crippen LogP contribution in [0.3, 0.4) is 0 Å². The topological polar surface area (TPSA) is 29.5 Å². The van der Waals surface area contributed by atoms with Crippen molar-refractivity contribution in [3.8, 4) is 0 Å². The quantitative estimate of drug-likeness (QED) is 0.804. The number of nitrogens with zero attached hydrogens (tertiary/aromatic N) is 1. The Bertz CT molecular complexity index is 540. The molecule has 1 heterocycles. The van der Waals surface area contributed by atoms with E-state index < -0.39 is 0 Å². The highest BCUT2D eigenvalue weighted by Gasteiger charge is 2.31. The average molecular weight is 336 g/mol. The zero-order valence-electron chi connectivity index (χ0n) is 13.8. The first-order valence-corrected chi connectivity index (χ1v) is 9.18. The van der Waals surface area contributed by atoms with Gasteiger partial charge in [-0.1, -0.05) is 36.7 Å². The first-order chi connectivity index (χ1) is 11.1. The Labute approximate surface area is 144 Å². The maximum atomic E-state index is 12.6. The van der Waals surface area contributed by atoms with Gasteiger partial charge in [-0.15, -0.1) is 0 Å². The molecule has 0 aromatic heterocycles. The van der Waals surface area contributed by atoms with E-state index >= 15 is 0 Å². The Balaban J connectivity index is 1.57. The number of carbonyl (C=O) groups excluding carboxylic acids is 1. The fourth-order valence-corrected chi connectivity index (χ4v) is 4.06. The molecule has 0 radical (unpaired) electrons. The molecule has 23 heavy (non-hydrogen) atoms. The fraction of sp³-hybridized carbons (Fsp3) is 0.632. The number of amides is 1. The second-order valence-electron chi connectivity index (χ2n) is 6.96. The lowest BCUT2D eigenvalue weighted by Crippen LogP contribution is -2.35.